The molecule has 3 heterocycles. The summed E-state index contributed by atoms with van der Waals surface area (Å²) < 4.78 is 16.8. The smallest absolute Gasteiger partial charge is 0.338 e. The summed E-state index contributed by atoms with van der Waals surface area (Å²) in [5, 5.41) is 5.79. The molecule has 0 aromatic heterocycles. The van der Waals surface area contributed by atoms with Crippen LogP contribution in [0.25, 0.3) is 0 Å². The molecule has 2 N–H and O–H groups in total. The number of fused-ring (bicyclic) bond motifs is 1. The zero-order chi connectivity index (χ0) is 23.5. The van der Waals surface area contributed by atoms with Gasteiger partial charge in [0.15, 0.2) is 11.5 Å². The maximum Gasteiger partial charge on any atom is 0.338 e. The number of amides is 2. The van der Waals surface area contributed by atoms with Crippen LogP contribution in [0.5, 0.6) is 11.5 Å². The summed E-state index contributed by atoms with van der Waals surface area (Å²) in [5.74, 6) is 1.11. The Labute approximate surface area is 198 Å². The Hall–Kier alpha value is -3.52. The van der Waals surface area contributed by atoms with Crippen molar-refractivity contribution < 1.29 is 23.8 Å². The Morgan fingerprint density at radius 1 is 1.09 bits per heavy atom. The van der Waals surface area contributed by atoms with E-state index in [1.807, 2.05) is 42.5 Å². The molecule has 2 aromatic rings. The van der Waals surface area contributed by atoms with Crippen molar-refractivity contribution in [3.05, 3.63) is 70.9 Å². The predicted octanol–water partition coefficient (Wildman–Crippen LogP) is 3.47. The maximum atomic E-state index is 13.1. The topological polar surface area (TPSA) is 89.1 Å². The number of carbonyl (C=O) groups excluding carboxylic acids is 2. The van der Waals surface area contributed by atoms with E-state index in [1.54, 1.807) is 6.92 Å². The van der Waals surface area contributed by atoms with E-state index in [0.717, 1.165) is 42.0 Å². The Kier molecular flexibility index (Phi) is 6.40. The first-order valence-corrected chi connectivity index (χ1v) is 11.8. The van der Waals surface area contributed by atoms with Gasteiger partial charge in [-0.2, -0.15) is 0 Å². The Bertz CT molecular complexity index is 1100. The standard InChI is InChI=1S/C26H29N3O5/c1-2-32-25(30)23-19(27-26(31)28-24(23)17-7-4-3-5-8-17)16-29-12-6-9-20(29)18-10-11-21-22(15-18)34-14-13-33-21/h3-5,7-8,10-11,15,20,24H,2,6,9,12-14,16H2,1H3,(H2,27,28,31)/t20-,24-/m1/s1. The molecule has 8 heteroatoms. The van der Waals surface area contributed by atoms with E-state index in [1.165, 1.54) is 0 Å². The molecular weight excluding hydrogens is 434 g/mol. The minimum absolute atomic E-state index is 0.147. The number of carbonyl (C=O) groups is 2. The number of benzene rings is 2. The van der Waals surface area contributed by atoms with E-state index in [4.69, 9.17) is 14.2 Å². The number of esters is 1. The summed E-state index contributed by atoms with van der Waals surface area (Å²) in [6, 6.07) is 14.8. The molecule has 0 bridgehead atoms. The lowest BCUT2D eigenvalue weighted by Crippen LogP contribution is -2.48. The molecule has 0 saturated carbocycles. The van der Waals surface area contributed by atoms with Gasteiger partial charge in [-0.1, -0.05) is 36.4 Å². The van der Waals surface area contributed by atoms with E-state index < -0.39 is 12.0 Å². The highest BCUT2D eigenvalue weighted by Gasteiger charge is 2.36. The normalized spacial score (nSPS) is 22.2. The Morgan fingerprint density at radius 3 is 2.68 bits per heavy atom. The van der Waals surface area contributed by atoms with Gasteiger partial charge in [-0.25, -0.2) is 9.59 Å². The number of likely N-dealkylation sites (tertiary alicyclic amines) is 1. The summed E-state index contributed by atoms with van der Waals surface area (Å²) in [5.41, 5.74) is 3.00. The summed E-state index contributed by atoms with van der Waals surface area (Å²) in [6.45, 7) is 4.43. The molecule has 178 valence electrons. The summed E-state index contributed by atoms with van der Waals surface area (Å²) in [4.78, 5) is 28.0. The molecular formula is C26H29N3O5. The summed E-state index contributed by atoms with van der Waals surface area (Å²) in [6.07, 6.45) is 2.01. The van der Waals surface area contributed by atoms with Crippen molar-refractivity contribution >= 4 is 12.0 Å². The van der Waals surface area contributed by atoms with Crippen LogP contribution in [0.15, 0.2) is 59.8 Å². The minimum atomic E-state index is -0.570. The molecule has 1 saturated heterocycles. The van der Waals surface area contributed by atoms with Gasteiger partial charge in [0.25, 0.3) is 0 Å². The highest BCUT2D eigenvalue weighted by atomic mass is 16.6. The Morgan fingerprint density at radius 2 is 1.88 bits per heavy atom. The molecule has 0 aliphatic carbocycles. The molecule has 3 aliphatic rings. The largest absolute Gasteiger partial charge is 0.486 e. The fraction of sp³-hybridized carbons (Fsp3) is 0.385. The van der Waals surface area contributed by atoms with E-state index in [9.17, 15) is 9.59 Å². The van der Waals surface area contributed by atoms with Gasteiger partial charge in [0.1, 0.15) is 13.2 Å². The molecule has 0 spiro atoms. The number of hydrogen-bond donors (Lipinski definition) is 2. The average Bonchev–Trinajstić information content (AvgIpc) is 3.32. The average molecular weight is 464 g/mol. The van der Waals surface area contributed by atoms with Gasteiger partial charge in [-0.3, -0.25) is 4.90 Å². The van der Waals surface area contributed by atoms with Gasteiger partial charge in [-0.05, 0) is 49.6 Å². The van der Waals surface area contributed by atoms with Gasteiger partial charge in [0.2, 0.25) is 0 Å². The van der Waals surface area contributed by atoms with Crippen LogP contribution < -0.4 is 20.1 Å². The molecule has 1 fully saturated rings. The number of urea groups is 1. The lowest BCUT2D eigenvalue weighted by atomic mass is 9.94. The number of rotatable bonds is 6. The lowest BCUT2D eigenvalue weighted by molar-refractivity contribution is -0.139. The quantitative estimate of drug-likeness (QED) is 0.638. The first kappa shape index (κ1) is 22.3. The van der Waals surface area contributed by atoms with Crippen LogP contribution >= 0.6 is 0 Å². The number of nitrogens with one attached hydrogen (secondary N) is 2. The number of nitrogens with zero attached hydrogens (tertiary/aromatic N) is 1. The molecule has 3 aliphatic heterocycles. The maximum absolute atomic E-state index is 13.1. The van der Waals surface area contributed by atoms with Crippen molar-refractivity contribution in [1.82, 2.24) is 15.5 Å². The van der Waals surface area contributed by atoms with Crippen LogP contribution in [0.1, 0.15) is 43.0 Å². The van der Waals surface area contributed by atoms with Crippen molar-refractivity contribution in [3.63, 3.8) is 0 Å². The first-order valence-electron chi connectivity index (χ1n) is 11.8. The van der Waals surface area contributed by atoms with Crippen LogP contribution in [-0.4, -0.2) is 49.8 Å². The highest BCUT2D eigenvalue weighted by Crippen LogP contribution is 2.39. The lowest BCUT2D eigenvalue weighted by Gasteiger charge is -2.33. The van der Waals surface area contributed by atoms with E-state index in [0.29, 0.717) is 31.0 Å². The predicted molar refractivity (Wildman–Crippen MR) is 125 cm³/mol. The molecule has 0 unspecified atom stereocenters. The monoisotopic (exact) mass is 463 g/mol. The van der Waals surface area contributed by atoms with Gasteiger partial charge < -0.3 is 24.8 Å². The molecule has 2 atom stereocenters. The van der Waals surface area contributed by atoms with Crippen molar-refractivity contribution in [1.29, 1.82) is 0 Å². The van der Waals surface area contributed by atoms with Crippen molar-refractivity contribution in [2.45, 2.75) is 31.8 Å². The second-order valence-electron chi connectivity index (χ2n) is 8.59. The van der Waals surface area contributed by atoms with Crippen molar-refractivity contribution in [2.24, 2.45) is 0 Å². The van der Waals surface area contributed by atoms with Crippen molar-refractivity contribution in [3.8, 4) is 11.5 Å². The first-order chi connectivity index (χ1) is 16.6. The summed E-state index contributed by atoms with van der Waals surface area (Å²) in [7, 11) is 0. The zero-order valence-electron chi connectivity index (χ0n) is 19.2. The molecule has 5 rings (SSSR count). The third kappa shape index (κ3) is 4.46. The Balaban J connectivity index is 1.47. The third-order valence-electron chi connectivity index (χ3n) is 6.46. The van der Waals surface area contributed by atoms with Crippen LogP contribution in [-0.2, 0) is 9.53 Å². The van der Waals surface area contributed by atoms with E-state index in [-0.39, 0.29) is 18.7 Å². The van der Waals surface area contributed by atoms with Gasteiger partial charge in [0.05, 0.1) is 18.2 Å². The van der Waals surface area contributed by atoms with Gasteiger partial charge >= 0.3 is 12.0 Å². The fourth-order valence-electron chi connectivity index (χ4n) is 4.95. The van der Waals surface area contributed by atoms with Crippen LogP contribution in [0.2, 0.25) is 0 Å². The van der Waals surface area contributed by atoms with Gasteiger partial charge in [-0.15, -0.1) is 0 Å². The number of ether oxygens (including phenoxy) is 3. The molecule has 2 amide bonds. The highest BCUT2D eigenvalue weighted by molar-refractivity contribution is 5.95. The van der Waals surface area contributed by atoms with Crippen LogP contribution in [0, 0.1) is 0 Å². The van der Waals surface area contributed by atoms with Crippen molar-refractivity contribution in [2.75, 3.05) is 32.9 Å². The van der Waals surface area contributed by atoms with Gasteiger partial charge in [0, 0.05) is 18.3 Å². The van der Waals surface area contributed by atoms with E-state index >= 15 is 0 Å². The molecule has 2 aromatic carbocycles. The zero-order valence-corrected chi connectivity index (χ0v) is 19.2. The minimum Gasteiger partial charge on any atom is -0.486 e. The second kappa shape index (κ2) is 9.77. The van der Waals surface area contributed by atoms with E-state index in [2.05, 4.69) is 21.6 Å². The third-order valence-corrected chi connectivity index (χ3v) is 6.46. The molecule has 34 heavy (non-hydrogen) atoms. The second-order valence-corrected chi connectivity index (χ2v) is 8.59. The van der Waals surface area contributed by atoms with Crippen LogP contribution in [0.3, 0.4) is 0 Å². The number of hydrogen-bond acceptors (Lipinski definition) is 6. The van der Waals surface area contributed by atoms with Crippen LogP contribution in [0.4, 0.5) is 4.79 Å². The fourth-order valence-corrected chi connectivity index (χ4v) is 4.95. The summed E-state index contributed by atoms with van der Waals surface area (Å²) >= 11 is 0. The SMILES string of the molecule is CCOC(=O)C1=C(CN2CCC[C@@H]2c2ccc3c(c2)OCCO3)NC(=O)N[C@@H]1c1ccccc1. The molecule has 8 nitrogen and oxygen atoms in total. The molecule has 0 radical (unpaired) electrons.